The van der Waals surface area contributed by atoms with Crippen LogP contribution in [-0.4, -0.2) is 30.4 Å². The number of anilines is 1. The summed E-state index contributed by atoms with van der Waals surface area (Å²) in [5.74, 6) is -0.685. The van der Waals surface area contributed by atoms with E-state index in [2.05, 4.69) is 0 Å². The smallest absolute Gasteiger partial charge is 0.303 e. The molecule has 1 saturated heterocycles. The zero-order valence-corrected chi connectivity index (χ0v) is 10.6. The van der Waals surface area contributed by atoms with Crippen molar-refractivity contribution in [3.8, 4) is 0 Å². The maximum absolute atomic E-state index is 12.0. The van der Waals surface area contributed by atoms with Gasteiger partial charge in [0.15, 0.2) is 6.10 Å². The van der Waals surface area contributed by atoms with Crippen LogP contribution in [0.5, 0.6) is 0 Å². The summed E-state index contributed by atoms with van der Waals surface area (Å²) in [5.41, 5.74) is 6.68. The third-order valence-electron chi connectivity index (χ3n) is 2.95. The largest absolute Gasteiger partial charge is 0.452 e. The van der Waals surface area contributed by atoms with Crippen LogP contribution in [0.4, 0.5) is 5.69 Å². The second-order valence-electron chi connectivity index (χ2n) is 4.34. The van der Waals surface area contributed by atoms with Crippen molar-refractivity contribution in [2.75, 3.05) is 11.4 Å². The Morgan fingerprint density at radius 3 is 2.58 bits per heavy atom. The summed E-state index contributed by atoms with van der Waals surface area (Å²) in [7, 11) is 0. The van der Waals surface area contributed by atoms with Crippen LogP contribution >= 0.6 is 0 Å². The molecule has 0 aromatic heterocycles. The number of benzene rings is 1. The average Bonchev–Trinajstić information content (AvgIpc) is 2.70. The highest BCUT2D eigenvalue weighted by Gasteiger charge is 2.34. The van der Waals surface area contributed by atoms with Gasteiger partial charge in [-0.3, -0.25) is 15.0 Å². The summed E-state index contributed by atoms with van der Waals surface area (Å²) in [6.07, 6.45) is -0.197. The highest BCUT2D eigenvalue weighted by Crippen LogP contribution is 2.23. The van der Waals surface area contributed by atoms with Crippen LogP contribution in [-0.2, 0) is 14.3 Å². The van der Waals surface area contributed by atoms with Gasteiger partial charge in [0.1, 0.15) is 5.84 Å². The van der Waals surface area contributed by atoms with Crippen molar-refractivity contribution in [2.24, 2.45) is 5.73 Å². The molecular weight excluding hydrogens is 246 g/mol. The molecule has 1 unspecified atom stereocenters. The molecule has 1 aromatic rings. The van der Waals surface area contributed by atoms with Gasteiger partial charge in [0.05, 0.1) is 0 Å². The van der Waals surface area contributed by atoms with Crippen molar-refractivity contribution in [3.05, 3.63) is 29.8 Å². The minimum absolute atomic E-state index is 0.0166. The minimum atomic E-state index is -0.690. The van der Waals surface area contributed by atoms with Crippen molar-refractivity contribution in [3.63, 3.8) is 0 Å². The summed E-state index contributed by atoms with van der Waals surface area (Å²) in [5, 5.41) is 7.30. The van der Waals surface area contributed by atoms with Gasteiger partial charge >= 0.3 is 5.97 Å². The number of rotatable bonds is 3. The van der Waals surface area contributed by atoms with Crippen LogP contribution in [0.1, 0.15) is 18.9 Å². The van der Waals surface area contributed by atoms with Crippen LogP contribution in [0, 0.1) is 5.41 Å². The minimum Gasteiger partial charge on any atom is -0.452 e. The Balaban J connectivity index is 2.13. The fraction of sp³-hybridized carbons (Fsp3) is 0.308. The van der Waals surface area contributed by atoms with Gasteiger partial charge in [-0.05, 0) is 24.3 Å². The van der Waals surface area contributed by atoms with E-state index in [0.29, 0.717) is 24.2 Å². The van der Waals surface area contributed by atoms with Gasteiger partial charge in [0.2, 0.25) is 0 Å². The lowest BCUT2D eigenvalue weighted by molar-refractivity contribution is -0.151. The first kappa shape index (κ1) is 13.1. The van der Waals surface area contributed by atoms with Crippen LogP contribution in [0.3, 0.4) is 0 Å². The fourth-order valence-electron chi connectivity index (χ4n) is 2.04. The van der Waals surface area contributed by atoms with Crippen molar-refractivity contribution >= 4 is 23.4 Å². The predicted octanol–water partition coefficient (Wildman–Crippen LogP) is 0.639. The third-order valence-corrected chi connectivity index (χ3v) is 2.95. The van der Waals surface area contributed by atoms with Crippen molar-refractivity contribution < 1.29 is 14.3 Å². The first-order valence-electron chi connectivity index (χ1n) is 5.92. The molecule has 0 spiro atoms. The van der Waals surface area contributed by atoms with E-state index in [-0.39, 0.29) is 11.7 Å². The molecule has 1 atom stereocenters. The zero-order valence-electron chi connectivity index (χ0n) is 10.6. The van der Waals surface area contributed by atoms with Crippen molar-refractivity contribution in [1.82, 2.24) is 0 Å². The van der Waals surface area contributed by atoms with E-state index in [1.54, 1.807) is 29.2 Å². The molecule has 6 nitrogen and oxygen atoms in total. The number of carbonyl (C=O) groups is 2. The summed E-state index contributed by atoms with van der Waals surface area (Å²) in [6, 6.07) is 6.82. The summed E-state index contributed by atoms with van der Waals surface area (Å²) in [6.45, 7) is 1.80. The molecule has 1 aliphatic heterocycles. The number of esters is 1. The van der Waals surface area contributed by atoms with E-state index in [1.165, 1.54) is 6.92 Å². The van der Waals surface area contributed by atoms with Gasteiger partial charge in [0.25, 0.3) is 5.91 Å². The zero-order chi connectivity index (χ0) is 14.0. The van der Waals surface area contributed by atoms with Crippen LogP contribution in [0.15, 0.2) is 24.3 Å². The molecule has 2 rings (SSSR count). The predicted molar refractivity (Wildman–Crippen MR) is 70.0 cm³/mol. The monoisotopic (exact) mass is 261 g/mol. The fourth-order valence-corrected chi connectivity index (χ4v) is 2.04. The molecule has 0 radical (unpaired) electrons. The number of ether oxygens (including phenoxy) is 1. The average molecular weight is 261 g/mol. The lowest BCUT2D eigenvalue weighted by atomic mass is 10.2. The quantitative estimate of drug-likeness (QED) is 0.474. The van der Waals surface area contributed by atoms with Gasteiger partial charge in [-0.1, -0.05) is 0 Å². The van der Waals surface area contributed by atoms with E-state index in [0.717, 1.165) is 0 Å². The van der Waals surface area contributed by atoms with E-state index in [9.17, 15) is 9.59 Å². The van der Waals surface area contributed by atoms with Crippen LogP contribution in [0.2, 0.25) is 0 Å². The Kier molecular flexibility index (Phi) is 3.50. The van der Waals surface area contributed by atoms with Gasteiger partial charge in [-0.15, -0.1) is 0 Å². The number of nitrogen functional groups attached to an aromatic ring is 1. The second kappa shape index (κ2) is 5.09. The third kappa shape index (κ3) is 2.73. The highest BCUT2D eigenvalue weighted by molar-refractivity contribution is 6.00. The standard InChI is InChI=1S/C13H15N3O3/c1-8(17)19-11-6-7-16(13(11)18)10-4-2-9(3-5-10)12(14)15/h2-5,11H,6-7H2,1H3,(H3,14,15). The van der Waals surface area contributed by atoms with Gasteiger partial charge in [-0.2, -0.15) is 0 Å². The molecule has 0 bridgehead atoms. The molecule has 1 aliphatic rings. The molecule has 19 heavy (non-hydrogen) atoms. The van der Waals surface area contributed by atoms with Crippen LogP contribution in [0.25, 0.3) is 0 Å². The summed E-state index contributed by atoms with van der Waals surface area (Å²) >= 11 is 0. The van der Waals surface area contributed by atoms with Crippen LogP contribution < -0.4 is 10.6 Å². The number of amidine groups is 1. The lowest BCUT2D eigenvalue weighted by Crippen LogP contribution is -2.31. The number of amides is 1. The number of hydrogen-bond donors (Lipinski definition) is 2. The maximum atomic E-state index is 12.0. The molecule has 0 saturated carbocycles. The second-order valence-corrected chi connectivity index (χ2v) is 4.34. The summed E-state index contributed by atoms with van der Waals surface area (Å²) in [4.78, 5) is 24.5. The Labute approximate surface area is 110 Å². The molecule has 6 heteroatoms. The Morgan fingerprint density at radius 1 is 1.42 bits per heavy atom. The molecule has 1 fully saturated rings. The molecule has 1 aromatic carbocycles. The van der Waals surface area contributed by atoms with E-state index >= 15 is 0 Å². The number of hydrogen-bond acceptors (Lipinski definition) is 4. The number of nitrogens with one attached hydrogen (secondary N) is 1. The van der Waals surface area contributed by atoms with Crippen molar-refractivity contribution in [1.29, 1.82) is 5.41 Å². The molecule has 1 amide bonds. The van der Waals surface area contributed by atoms with E-state index in [4.69, 9.17) is 15.9 Å². The van der Waals surface area contributed by atoms with Gasteiger partial charge in [0, 0.05) is 31.1 Å². The van der Waals surface area contributed by atoms with Gasteiger partial charge in [-0.25, -0.2) is 0 Å². The van der Waals surface area contributed by atoms with Gasteiger partial charge < -0.3 is 15.4 Å². The number of nitrogens with zero attached hydrogens (tertiary/aromatic N) is 1. The van der Waals surface area contributed by atoms with Crippen molar-refractivity contribution in [2.45, 2.75) is 19.4 Å². The number of carbonyl (C=O) groups excluding carboxylic acids is 2. The summed E-state index contributed by atoms with van der Waals surface area (Å²) < 4.78 is 4.95. The number of nitrogens with two attached hydrogens (primary N) is 1. The Hall–Kier alpha value is -2.37. The van der Waals surface area contributed by atoms with E-state index < -0.39 is 12.1 Å². The molecule has 100 valence electrons. The maximum Gasteiger partial charge on any atom is 0.303 e. The highest BCUT2D eigenvalue weighted by atomic mass is 16.5. The topological polar surface area (TPSA) is 96.5 Å². The first-order valence-corrected chi connectivity index (χ1v) is 5.92. The molecule has 3 N–H and O–H groups in total. The Morgan fingerprint density at radius 2 is 2.05 bits per heavy atom. The Bertz CT molecular complexity index is 524. The molecular formula is C13H15N3O3. The molecule has 0 aliphatic carbocycles. The molecule has 1 heterocycles. The lowest BCUT2D eigenvalue weighted by Gasteiger charge is -2.16. The first-order chi connectivity index (χ1) is 8.99. The SMILES string of the molecule is CC(=O)OC1CCN(c2ccc(C(=N)N)cc2)C1=O. The normalized spacial score (nSPS) is 18.5. The van der Waals surface area contributed by atoms with E-state index in [1.807, 2.05) is 0 Å².